The first-order chi connectivity index (χ1) is 11.1. The van der Waals surface area contributed by atoms with Crippen molar-refractivity contribution in [2.75, 3.05) is 0 Å². The molecule has 1 heterocycles. The SMILES string of the molecule is Cc1cccc2c3c(O)cccc3n(Cc3ccc(F)cc3)c12. The summed E-state index contributed by atoms with van der Waals surface area (Å²) in [5, 5.41) is 12.2. The average molecular weight is 305 g/mol. The largest absolute Gasteiger partial charge is 0.507 e. The Kier molecular flexibility index (Phi) is 3.08. The maximum Gasteiger partial charge on any atom is 0.125 e. The number of phenols is 1. The van der Waals surface area contributed by atoms with E-state index in [0.717, 1.165) is 32.9 Å². The highest BCUT2D eigenvalue weighted by Crippen LogP contribution is 2.36. The Balaban J connectivity index is 2.03. The van der Waals surface area contributed by atoms with Gasteiger partial charge in [0.25, 0.3) is 0 Å². The summed E-state index contributed by atoms with van der Waals surface area (Å²) in [4.78, 5) is 0. The molecule has 0 unspecified atom stereocenters. The molecule has 0 aliphatic carbocycles. The lowest BCUT2D eigenvalue weighted by Crippen LogP contribution is -2.00. The van der Waals surface area contributed by atoms with Crippen molar-refractivity contribution in [1.29, 1.82) is 0 Å². The molecule has 0 bridgehead atoms. The molecule has 23 heavy (non-hydrogen) atoms. The van der Waals surface area contributed by atoms with E-state index in [0.29, 0.717) is 6.54 Å². The minimum atomic E-state index is -0.232. The molecular weight excluding hydrogens is 289 g/mol. The summed E-state index contributed by atoms with van der Waals surface area (Å²) >= 11 is 0. The predicted molar refractivity (Wildman–Crippen MR) is 91.3 cm³/mol. The fourth-order valence-corrected chi connectivity index (χ4v) is 3.31. The Labute approximate surface area is 133 Å². The van der Waals surface area contributed by atoms with Gasteiger partial charge in [0.15, 0.2) is 0 Å². The second-order valence-corrected chi connectivity index (χ2v) is 5.85. The number of aryl methyl sites for hydroxylation is 1. The molecule has 2 nitrogen and oxygen atoms in total. The minimum Gasteiger partial charge on any atom is -0.507 e. The molecule has 0 amide bonds. The molecule has 1 aromatic heterocycles. The first-order valence-corrected chi connectivity index (χ1v) is 7.59. The van der Waals surface area contributed by atoms with Crippen LogP contribution in [0.2, 0.25) is 0 Å². The number of aromatic nitrogens is 1. The van der Waals surface area contributed by atoms with Crippen LogP contribution in [0.1, 0.15) is 11.1 Å². The van der Waals surface area contributed by atoms with Gasteiger partial charge < -0.3 is 9.67 Å². The molecule has 3 heteroatoms. The Hall–Kier alpha value is -2.81. The van der Waals surface area contributed by atoms with Crippen LogP contribution >= 0.6 is 0 Å². The van der Waals surface area contributed by atoms with Crippen LogP contribution in [0.15, 0.2) is 60.7 Å². The van der Waals surface area contributed by atoms with Crippen LogP contribution in [-0.4, -0.2) is 9.67 Å². The highest BCUT2D eigenvalue weighted by molar-refractivity contribution is 6.11. The molecule has 0 aliphatic rings. The number of hydrogen-bond acceptors (Lipinski definition) is 1. The zero-order chi connectivity index (χ0) is 16.0. The van der Waals surface area contributed by atoms with Gasteiger partial charge in [0.1, 0.15) is 11.6 Å². The van der Waals surface area contributed by atoms with Gasteiger partial charge in [-0.05, 0) is 42.3 Å². The maximum absolute atomic E-state index is 13.1. The van der Waals surface area contributed by atoms with Crippen molar-refractivity contribution in [3.63, 3.8) is 0 Å². The van der Waals surface area contributed by atoms with Crippen LogP contribution in [0.25, 0.3) is 21.8 Å². The van der Waals surface area contributed by atoms with Crippen molar-refractivity contribution in [2.24, 2.45) is 0 Å². The third-order valence-corrected chi connectivity index (χ3v) is 4.34. The number of para-hydroxylation sites is 1. The molecule has 4 rings (SSSR count). The maximum atomic E-state index is 13.1. The van der Waals surface area contributed by atoms with Gasteiger partial charge in [-0.3, -0.25) is 0 Å². The van der Waals surface area contributed by atoms with E-state index in [2.05, 4.69) is 17.6 Å². The van der Waals surface area contributed by atoms with Crippen molar-refractivity contribution < 1.29 is 9.50 Å². The quantitative estimate of drug-likeness (QED) is 0.554. The summed E-state index contributed by atoms with van der Waals surface area (Å²) < 4.78 is 15.3. The number of rotatable bonds is 2. The normalized spacial score (nSPS) is 11.4. The number of fused-ring (bicyclic) bond motifs is 3. The molecule has 0 saturated heterocycles. The third-order valence-electron chi connectivity index (χ3n) is 4.34. The number of hydrogen-bond donors (Lipinski definition) is 1. The third kappa shape index (κ3) is 2.16. The summed E-state index contributed by atoms with van der Waals surface area (Å²) in [6.07, 6.45) is 0. The van der Waals surface area contributed by atoms with Crippen LogP contribution < -0.4 is 0 Å². The van der Waals surface area contributed by atoms with Crippen molar-refractivity contribution in [2.45, 2.75) is 13.5 Å². The van der Waals surface area contributed by atoms with Gasteiger partial charge in [0, 0.05) is 17.3 Å². The molecule has 3 aromatic carbocycles. The molecule has 1 N–H and O–H groups in total. The van der Waals surface area contributed by atoms with E-state index in [9.17, 15) is 9.50 Å². The Morgan fingerprint density at radius 2 is 1.70 bits per heavy atom. The Morgan fingerprint density at radius 1 is 0.957 bits per heavy atom. The van der Waals surface area contributed by atoms with Gasteiger partial charge in [-0.2, -0.15) is 0 Å². The smallest absolute Gasteiger partial charge is 0.125 e. The lowest BCUT2D eigenvalue weighted by atomic mass is 10.1. The van der Waals surface area contributed by atoms with Gasteiger partial charge >= 0.3 is 0 Å². The number of aromatic hydroxyl groups is 1. The fourth-order valence-electron chi connectivity index (χ4n) is 3.31. The molecule has 0 aliphatic heterocycles. The fraction of sp³-hybridized carbons (Fsp3) is 0.100. The topological polar surface area (TPSA) is 25.2 Å². The van der Waals surface area contributed by atoms with Gasteiger partial charge in [0.05, 0.1) is 11.0 Å². The van der Waals surface area contributed by atoms with Crippen molar-refractivity contribution >= 4 is 21.8 Å². The summed E-state index contributed by atoms with van der Waals surface area (Å²) in [7, 11) is 0. The van der Waals surface area contributed by atoms with Crippen LogP contribution in [-0.2, 0) is 6.54 Å². The van der Waals surface area contributed by atoms with Crippen molar-refractivity contribution in [3.05, 3.63) is 77.6 Å². The van der Waals surface area contributed by atoms with E-state index in [1.54, 1.807) is 18.2 Å². The highest BCUT2D eigenvalue weighted by atomic mass is 19.1. The van der Waals surface area contributed by atoms with Crippen molar-refractivity contribution in [1.82, 2.24) is 4.57 Å². The number of nitrogens with zero attached hydrogens (tertiary/aromatic N) is 1. The van der Waals surface area contributed by atoms with E-state index in [1.165, 1.54) is 12.1 Å². The minimum absolute atomic E-state index is 0.232. The Bertz CT molecular complexity index is 1020. The molecule has 0 atom stereocenters. The molecule has 0 fully saturated rings. The number of phenolic OH excluding ortho intramolecular Hbond substituents is 1. The van der Waals surface area contributed by atoms with E-state index in [-0.39, 0.29) is 11.6 Å². The second kappa shape index (κ2) is 5.13. The number of halogens is 1. The van der Waals surface area contributed by atoms with Crippen molar-refractivity contribution in [3.8, 4) is 5.75 Å². The van der Waals surface area contributed by atoms with E-state index >= 15 is 0 Å². The zero-order valence-corrected chi connectivity index (χ0v) is 12.8. The van der Waals surface area contributed by atoms with Gasteiger partial charge in [0.2, 0.25) is 0 Å². The molecule has 0 saturated carbocycles. The average Bonchev–Trinajstić information content (AvgIpc) is 2.86. The van der Waals surface area contributed by atoms with Crippen LogP contribution in [0.5, 0.6) is 5.75 Å². The molecule has 0 radical (unpaired) electrons. The van der Waals surface area contributed by atoms with Crippen LogP contribution in [0, 0.1) is 12.7 Å². The lowest BCUT2D eigenvalue weighted by molar-refractivity contribution is 0.482. The number of benzene rings is 3. The monoisotopic (exact) mass is 305 g/mol. The highest BCUT2D eigenvalue weighted by Gasteiger charge is 2.15. The predicted octanol–water partition coefficient (Wildman–Crippen LogP) is 5.00. The van der Waals surface area contributed by atoms with E-state index < -0.39 is 0 Å². The molecule has 114 valence electrons. The van der Waals surface area contributed by atoms with Gasteiger partial charge in [-0.25, -0.2) is 4.39 Å². The van der Waals surface area contributed by atoms with Crippen LogP contribution in [0.4, 0.5) is 4.39 Å². The van der Waals surface area contributed by atoms with Gasteiger partial charge in [-0.15, -0.1) is 0 Å². The summed E-state index contributed by atoms with van der Waals surface area (Å²) in [6, 6.07) is 18.2. The standard InChI is InChI=1S/C20H16FNO/c1-13-4-2-5-16-19-17(6-3-7-18(19)23)22(20(13)16)12-14-8-10-15(21)11-9-14/h2-11,23H,12H2,1H3. The molecule has 4 aromatic rings. The first kappa shape index (κ1) is 13.8. The second-order valence-electron chi connectivity index (χ2n) is 5.85. The van der Waals surface area contributed by atoms with E-state index in [4.69, 9.17) is 0 Å². The summed E-state index contributed by atoms with van der Waals surface area (Å²) in [5.74, 6) is 0.0563. The van der Waals surface area contributed by atoms with Gasteiger partial charge in [-0.1, -0.05) is 36.4 Å². The molecular formula is C20H16FNO. The zero-order valence-electron chi connectivity index (χ0n) is 12.8. The summed E-state index contributed by atoms with van der Waals surface area (Å²) in [5.41, 5.74) is 4.27. The Morgan fingerprint density at radius 3 is 2.48 bits per heavy atom. The van der Waals surface area contributed by atoms with E-state index in [1.807, 2.05) is 24.3 Å². The van der Waals surface area contributed by atoms with Crippen LogP contribution in [0.3, 0.4) is 0 Å². The molecule has 0 spiro atoms. The first-order valence-electron chi connectivity index (χ1n) is 7.59. The lowest BCUT2D eigenvalue weighted by Gasteiger charge is -2.09. The summed E-state index contributed by atoms with van der Waals surface area (Å²) in [6.45, 7) is 2.70.